The van der Waals surface area contributed by atoms with Crippen molar-refractivity contribution in [2.75, 3.05) is 30.9 Å². The number of carbonyl (C=O) groups is 3. The van der Waals surface area contributed by atoms with Crippen molar-refractivity contribution in [1.29, 1.82) is 0 Å². The zero-order valence-corrected chi connectivity index (χ0v) is 23.4. The van der Waals surface area contributed by atoms with Gasteiger partial charge in [-0.15, -0.1) is 21.5 Å². The van der Waals surface area contributed by atoms with Crippen LogP contribution in [0.5, 0.6) is 5.75 Å². The second-order valence-electron chi connectivity index (χ2n) is 9.60. The summed E-state index contributed by atoms with van der Waals surface area (Å²) in [5.74, 6) is -0.952. The first-order valence-electron chi connectivity index (χ1n) is 12.8. The van der Waals surface area contributed by atoms with Gasteiger partial charge in [0.2, 0.25) is 11.8 Å². The fourth-order valence-electron chi connectivity index (χ4n) is 3.74. The van der Waals surface area contributed by atoms with Crippen molar-refractivity contribution >= 4 is 69.8 Å². The van der Waals surface area contributed by atoms with Gasteiger partial charge in [0.05, 0.1) is 66.7 Å². The molecule has 4 rings (SSSR count). The average molecular weight is 585 g/mol. The van der Waals surface area contributed by atoms with Crippen molar-refractivity contribution in [2.45, 2.75) is 30.6 Å². The van der Waals surface area contributed by atoms with Crippen LogP contribution in [-0.2, 0) is 16.0 Å². The lowest BCUT2D eigenvalue weighted by Crippen LogP contribution is -2.50. The van der Waals surface area contributed by atoms with E-state index in [1.54, 1.807) is 24.4 Å². The number of nitrogens with zero attached hydrogens (tertiary/aromatic N) is 3. The number of thiazole rings is 1. The molecule has 0 saturated heterocycles. The SMILES string of the molecule is [B]C([B])([B])NC(=O)c1nnc(NC(=O)C2CC2)cc1Nc1cccc(-c2ncc(CC(=O)NCC(O)CO)s2)c1OC. The summed E-state index contributed by atoms with van der Waals surface area (Å²) in [5.41, 5.74) is 0.958. The number of hydrogen-bond donors (Lipinski definition) is 6. The fourth-order valence-corrected chi connectivity index (χ4v) is 4.68. The normalized spacial score (nSPS) is 13.6. The van der Waals surface area contributed by atoms with E-state index in [0.29, 0.717) is 26.9 Å². The van der Waals surface area contributed by atoms with Crippen molar-refractivity contribution in [3.8, 4) is 16.3 Å². The topological polar surface area (TPSA) is 188 Å². The molecule has 17 heteroatoms. The van der Waals surface area contributed by atoms with Crippen LogP contribution in [0.2, 0.25) is 0 Å². The summed E-state index contributed by atoms with van der Waals surface area (Å²) in [7, 11) is 18.1. The molecule has 1 fully saturated rings. The van der Waals surface area contributed by atoms with Gasteiger partial charge in [-0.1, -0.05) is 11.3 Å². The highest BCUT2D eigenvalue weighted by Crippen LogP contribution is 2.40. The van der Waals surface area contributed by atoms with E-state index < -0.39 is 23.9 Å². The third kappa shape index (κ3) is 8.30. The van der Waals surface area contributed by atoms with Gasteiger partial charge in [0, 0.05) is 29.6 Å². The Morgan fingerprint density at radius 3 is 2.62 bits per heavy atom. The third-order valence-corrected chi connectivity index (χ3v) is 6.92. The fraction of sp³-hybridized carbons (Fsp3) is 0.360. The molecule has 6 radical (unpaired) electrons. The molecule has 1 aliphatic rings. The molecule has 0 aliphatic heterocycles. The number of hydrogen-bond acceptors (Lipinski definition) is 11. The van der Waals surface area contributed by atoms with Crippen molar-refractivity contribution in [2.24, 2.45) is 5.92 Å². The second-order valence-corrected chi connectivity index (χ2v) is 10.7. The standard InChI is InChI=1S/C25H26B3N7O6S/c1-41-21-15(24-30-10-14(42-24)7-19(38)29-9-13(37)11-36)3-2-4-16(21)31-17-8-18(32-22(39)12-5-6-12)34-35-20(17)23(40)33-25(26,27)28/h2-4,8,10,12-13,36-37H,5-7,9,11H2,1H3,(H,29,38)(H,33,40)(H2,31,32,34,39). The number of ether oxygens (including phenoxy) is 1. The number of aromatic nitrogens is 3. The van der Waals surface area contributed by atoms with Crippen LogP contribution < -0.4 is 26.0 Å². The molecule has 2 heterocycles. The number of methoxy groups -OCH3 is 1. The van der Waals surface area contributed by atoms with E-state index in [1.165, 1.54) is 24.5 Å². The number of para-hydroxylation sites is 1. The lowest BCUT2D eigenvalue weighted by Gasteiger charge is -2.23. The molecule has 1 aliphatic carbocycles. The summed E-state index contributed by atoms with van der Waals surface area (Å²) >= 11 is 1.26. The van der Waals surface area contributed by atoms with E-state index in [9.17, 15) is 19.5 Å². The largest absolute Gasteiger partial charge is 0.494 e. The molecule has 212 valence electrons. The molecule has 1 unspecified atom stereocenters. The van der Waals surface area contributed by atoms with Crippen LogP contribution in [0.1, 0.15) is 28.2 Å². The molecule has 0 bridgehead atoms. The number of nitrogens with one attached hydrogen (secondary N) is 4. The van der Waals surface area contributed by atoms with E-state index >= 15 is 0 Å². The Morgan fingerprint density at radius 2 is 1.95 bits per heavy atom. The molecule has 1 atom stereocenters. The predicted octanol–water partition coefficient (Wildman–Crippen LogP) is -0.441. The van der Waals surface area contributed by atoms with Crippen LogP contribution in [0.3, 0.4) is 0 Å². The number of rotatable bonds is 13. The van der Waals surface area contributed by atoms with Gasteiger partial charge in [0.1, 0.15) is 5.01 Å². The zero-order valence-electron chi connectivity index (χ0n) is 22.6. The summed E-state index contributed by atoms with van der Waals surface area (Å²) in [6, 6.07) is 6.64. The number of benzene rings is 1. The first-order chi connectivity index (χ1) is 20.0. The van der Waals surface area contributed by atoms with Crippen LogP contribution in [0.4, 0.5) is 17.2 Å². The number of aliphatic hydroxyl groups excluding tert-OH is 2. The van der Waals surface area contributed by atoms with Crippen molar-refractivity contribution < 1.29 is 29.3 Å². The van der Waals surface area contributed by atoms with E-state index in [-0.39, 0.29) is 47.9 Å². The Morgan fingerprint density at radius 1 is 1.19 bits per heavy atom. The monoisotopic (exact) mass is 585 g/mol. The molecule has 1 aromatic carbocycles. The maximum atomic E-state index is 12.9. The van der Waals surface area contributed by atoms with Crippen LogP contribution >= 0.6 is 11.3 Å². The summed E-state index contributed by atoms with van der Waals surface area (Å²) in [6.45, 7) is -0.525. The van der Waals surface area contributed by atoms with Gasteiger partial charge < -0.3 is 36.2 Å². The molecule has 13 nitrogen and oxygen atoms in total. The molecule has 6 N–H and O–H groups in total. The molecule has 1 saturated carbocycles. The van der Waals surface area contributed by atoms with Crippen molar-refractivity contribution in [3.05, 3.63) is 41.0 Å². The number of anilines is 3. The minimum Gasteiger partial charge on any atom is -0.494 e. The highest BCUT2D eigenvalue weighted by Gasteiger charge is 2.30. The van der Waals surface area contributed by atoms with Gasteiger partial charge >= 0.3 is 0 Å². The molecular formula is C25H26B3N7O6S. The molecule has 3 aromatic rings. The highest BCUT2D eigenvalue weighted by molar-refractivity contribution is 7.15. The summed E-state index contributed by atoms with van der Waals surface area (Å²) in [4.78, 5) is 42.5. The predicted molar refractivity (Wildman–Crippen MR) is 158 cm³/mol. The Balaban J connectivity index is 1.61. The Kier molecular flexibility index (Phi) is 9.86. The lowest BCUT2D eigenvalue weighted by atomic mass is 9.49. The van der Waals surface area contributed by atoms with Crippen molar-refractivity contribution in [3.63, 3.8) is 0 Å². The van der Waals surface area contributed by atoms with E-state index in [0.717, 1.165) is 12.8 Å². The summed E-state index contributed by atoms with van der Waals surface area (Å²) in [6.07, 6.45) is 2.12. The van der Waals surface area contributed by atoms with Crippen LogP contribution in [0.25, 0.3) is 10.6 Å². The molecule has 0 spiro atoms. The highest BCUT2D eigenvalue weighted by atomic mass is 32.1. The molecule has 2 aromatic heterocycles. The summed E-state index contributed by atoms with van der Waals surface area (Å²) in [5, 5.41) is 35.3. The van der Waals surface area contributed by atoms with Gasteiger partial charge in [-0.25, -0.2) is 4.98 Å². The van der Waals surface area contributed by atoms with Gasteiger partial charge in [-0.3, -0.25) is 14.4 Å². The van der Waals surface area contributed by atoms with Gasteiger partial charge in [0.15, 0.2) is 17.3 Å². The van der Waals surface area contributed by atoms with Crippen LogP contribution in [-0.4, -0.2) is 98.3 Å². The molecule has 42 heavy (non-hydrogen) atoms. The van der Waals surface area contributed by atoms with Gasteiger partial charge in [-0.2, -0.15) is 0 Å². The Hall–Kier alpha value is -3.95. The third-order valence-electron chi connectivity index (χ3n) is 5.89. The summed E-state index contributed by atoms with van der Waals surface area (Å²) < 4.78 is 5.69. The van der Waals surface area contributed by atoms with E-state index in [1.807, 2.05) is 0 Å². The van der Waals surface area contributed by atoms with E-state index in [4.69, 9.17) is 33.4 Å². The minimum absolute atomic E-state index is 0.0253. The first kappa shape index (κ1) is 31.0. The van der Waals surface area contributed by atoms with Gasteiger partial charge in [0.25, 0.3) is 5.91 Å². The maximum Gasteiger partial charge on any atom is 0.272 e. The quantitative estimate of drug-likeness (QED) is 0.144. The van der Waals surface area contributed by atoms with Crippen LogP contribution in [0, 0.1) is 5.92 Å². The lowest BCUT2D eigenvalue weighted by molar-refractivity contribution is -0.121. The Labute approximate surface area is 249 Å². The number of aliphatic hydroxyl groups is 2. The smallest absolute Gasteiger partial charge is 0.272 e. The molecular weight excluding hydrogens is 559 g/mol. The second kappa shape index (κ2) is 13.4. The number of amides is 3. The first-order valence-corrected chi connectivity index (χ1v) is 13.6. The number of carbonyl (C=O) groups excluding carboxylic acids is 3. The zero-order chi connectivity index (χ0) is 30.4. The van der Waals surface area contributed by atoms with Crippen LogP contribution in [0.15, 0.2) is 30.5 Å². The van der Waals surface area contributed by atoms with Gasteiger partial charge in [-0.05, 0) is 25.0 Å². The van der Waals surface area contributed by atoms with E-state index in [2.05, 4.69) is 36.4 Å². The average Bonchev–Trinajstić information content (AvgIpc) is 3.70. The Bertz CT molecular complexity index is 1460. The maximum absolute atomic E-state index is 12.9. The van der Waals surface area contributed by atoms with Crippen molar-refractivity contribution in [1.82, 2.24) is 25.8 Å². The minimum atomic E-state index is -2.02. The molecule has 3 amide bonds.